The van der Waals surface area contributed by atoms with E-state index in [2.05, 4.69) is 20.9 Å². The van der Waals surface area contributed by atoms with Gasteiger partial charge in [-0.05, 0) is 25.1 Å². The van der Waals surface area contributed by atoms with Crippen LogP contribution < -0.4 is 4.74 Å². The maximum Gasteiger partial charge on any atom is 0.339 e. The molecule has 0 unspecified atom stereocenters. The Balaban J connectivity index is 2.19. The van der Waals surface area contributed by atoms with Crippen LogP contribution in [-0.4, -0.2) is 20.6 Å². The Hall–Kier alpha value is -1.82. The first kappa shape index (κ1) is 13.6. The number of benzene rings is 1. The molecule has 0 saturated carbocycles. The third kappa shape index (κ3) is 3.14. The predicted molar refractivity (Wildman–Crippen MR) is 73.3 cm³/mol. The van der Waals surface area contributed by atoms with Gasteiger partial charge in [0.15, 0.2) is 0 Å². The summed E-state index contributed by atoms with van der Waals surface area (Å²) >= 11 is 3.30. The summed E-state index contributed by atoms with van der Waals surface area (Å²) in [6, 6.07) is 4.82. The molecule has 0 fully saturated rings. The summed E-state index contributed by atoms with van der Waals surface area (Å²) in [5.74, 6) is 0.0766. The van der Waals surface area contributed by atoms with Gasteiger partial charge in [-0.3, -0.25) is 0 Å². The summed E-state index contributed by atoms with van der Waals surface area (Å²) in [7, 11) is 0. The number of carbonyl (C=O) groups is 1. The number of halogens is 1. The van der Waals surface area contributed by atoms with Crippen LogP contribution >= 0.6 is 15.9 Å². The van der Waals surface area contributed by atoms with E-state index in [1.54, 1.807) is 18.3 Å². The van der Waals surface area contributed by atoms with E-state index in [1.807, 2.05) is 17.7 Å². The summed E-state index contributed by atoms with van der Waals surface area (Å²) in [4.78, 5) is 15.3. The Morgan fingerprint density at radius 1 is 1.53 bits per heavy atom. The molecule has 0 bridgehead atoms. The summed E-state index contributed by atoms with van der Waals surface area (Å²) in [5.41, 5.74) is 0.137. The Bertz CT molecular complexity index is 595. The highest BCUT2D eigenvalue weighted by molar-refractivity contribution is 9.10. The summed E-state index contributed by atoms with van der Waals surface area (Å²) in [6.45, 7) is 3.04. The number of aromatic carboxylic acids is 1. The highest BCUT2D eigenvalue weighted by Crippen LogP contribution is 2.24. The summed E-state index contributed by atoms with van der Waals surface area (Å²) in [6.07, 6.45) is 3.55. The van der Waals surface area contributed by atoms with Crippen molar-refractivity contribution in [2.24, 2.45) is 0 Å². The lowest BCUT2D eigenvalue weighted by Crippen LogP contribution is -2.08. The number of hydrogen-bond donors (Lipinski definition) is 1. The molecule has 0 amide bonds. The van der Waals surface area contributed by atoms with Crippen LogP contribution in [-0.2, 0) is 13.2 Å². The summed E-state index contributed by atoms with van der Waals surface area (Å²) < 4.78 is 8.28. The fraction of sp³-hybridized carbons (Fsp3) is 0.231. The fourth-order valence-electron chi connectivity index (χ4n) is 1.70. The standard InChI is InChI=1S/C13H13BrN2O3/c1-2-16-6-5-15-12(16)8-19-11-7-9(14)3-4-10(11)13(17)18/h3-7H,2,8H2,1H3,(H,17,18). The first-order valence-corrected chi connectivity index (χ1v) is 6.56. The van der Waals surface area contributed by atoms with Crippen LogP contribution in [0.1, 0.15) is 23.1 Å². The number of carboxylic acids is 1. The van der Waals surface area contributed by atoms with Crippen molar-refractivity contribution in [3.05, 3.63) is 46.5 Å². The molecule has 5 nitrogen and oxygen atoms in total. The van der Waals surface area contributed by atoms with Crippen LogP contribution in [0.5, 0.6) is 5.75 Å². The zero-order valence-corrected chi connectivity index (χ0v) is 11.9. The molecule has 0 aliphatic rings. The number of nitrogens with zero attached hydrogens (tertiary/aromatic N) is 2. The normalized spacial score (nSPS) is 10.4. The van der Waals surface area contributed by atoms with Crippen LogP contribution in [0.3, 0.4) is 0 Å². The molecule has 0 radical (unpaired) electrons. The molecule has 0 saturated heterocycles. The molecule has 2 aromatic rings. The maximum atomic E-state index is 11.1. The van der Waals surface area contributed by atoms with Crippen molar-refractivity contribution < 1.29 is 14.6 Å². The number of carboxylic acid groups (broad SMARTS) is 1. The smallest absolute Gasteiger partial charge is 0.339 e. The molecule has 0 aliphatic heterocycles. The SMILES string of the molecule is CCn1ccnc1COc1cc(Br)ccc1C(=O)O. The number of aryl methyl sites for hydroxylation is 1. The minimum Gasteiger partial charge on any atom is -0.485 e. The molecule has 1 heterocycles. The Morgan fingerprint density at radius 3 is 3.00 bits per heavy atom. The molecule has 0 spiro atoms. The zero-order chi connectivity index (χ0) is 13.8. The molecule has 100 valence electrons. The zero-order valence-electron chi connectivity index (χ0n) is 10.3. The van der Waals surface area contributed by atoms with E-state index in [9.17, 15) is 4.79 Å². The minimum atomic E-state index is -1.01. The monoisotopic (exact) mass is 324 g/mol. The van der Waals surface area contributed by atoms with Crippen molar-refractivity contribution in [1.29, 1.82) is 0 Å². The molecule has 6 heteroatoms. The average molecular weight is 325 g/mol. The molecule has 0 aliphatic carbocycles. The van der Waals surface area contributed by atoms with Crippen molar-refractivity contribution in [3.63, 3.8) is 0 Å². The van der Waals surface area contributed by atoms with Crippen molar-refractivity contribution in [3.8, 4) is 5.75 Å². The van der Waals surface area contributed by atoms with Crippen molar-refractivity contribution in [2.75, 3.05) is 0 Å². The van der Waals surface area contributed by atoms with Gasteiger partial charge in [0.25, 0.3) is 0 Å². The van der Waals surface area contributed by atoms with Crippen molar-refractivity contribution in [2.45, 2.75) is 20.1 Å². The Labute approximate surface area is 119 Å². The lowest BCUT2D eigenvalue weighted by atomic mass is 10.2. The fourth-order valence-corrected chi connectivity index (χ4v) is 2.04. The van der Waals surface area contributed by atoms with Crippen LogP contribution in [0, 0.1) is 0 Å². The number of aromatic nitrogens is 2. The number of rotatable bonds is 5. The van der Waals surface area contributed by atoms with Gasteiger partial charge in [0.1, 0.15) is 23.7 Å². The molecule has 19 heavy (non-hydrogen) atoms. The molecule has 1 aromatic heterocycles. The second-order valence-electron chi connectivity index (χ2n) is 3.86. The van der Waals surface area contributed by atoms with Gasteiger partial charge in [-0.15, -0.1) is 0 Å². The van der Waals surface area contributed by atoms with Gasteiger partial charge in [0.2, 0.25) is 0 Å². The van der Waals surface area contributed by atoms with Crippen molar-refractivity contribution >= 4 is 21.9 Å². The number of imidazole rings is 1. The highest BCUT2D eigenvalue weighted by Gasteiger charge is 2.12. The second kappa shape index (κ2) is 5.88. The van der Waals surface area contributed by atoms with Gasteiger partial charge < -0.3 is 14.4 Å². The third-order valence-corrected chi connectivity index (χ3v) is 3.17. The van der Waals surface area contributed by atoms with Gasteiger partial charge in [-0.25, -0.2) is 9.78 Å². The number of hydrogen-bond acceptors (Lipinski definition) is 3. The second-order valence-corrected chi connectivity index (χ2v) is 4.78. The lowest BCUT2D eigenvalue weighted by Gasteiger charge is -2.10. The molecular weight excluding hydrogens is 312 g/mol. The predicted octanol–water partition coefficient (Wildman–Crippen LogP) is 2.94. The molecule has 1 N–H and O–H groups in total. The molecular formula is C13H13BrN2O3. The van der Waals surface area contributed by atoms with Gasteiger partial charge in [0, 0.05) is 23.4 Å². The van der Waals surface area contributed by atoms with Gasteiger partial charge in [0.05, 0.1) is 0 Å². The van der Waals surface area contributed by atoms with E-state index in [-0.39, 0.29) is 12.2 Å². The first-order chi connectivity index (χ1) is 9.11. The first-order valence-electron chi connectivity index (χ1n) is 5.77. The lowest BCUT2D eigenvalue weighted by molar-refractivity contribution is 0.0691. The average Bonchev–Trinajstić information content (AvgIpc) is 2.83. The third-order valence-electron chi connectivity index (χ3n) is 2.67. The van der Waals surface area contributed by atoms with Crippen LogP contribution in [0.2, 0.25) is 0 Å². The molecule has 2 rings (SSSR count). The quantitative estimate of drug-likeness (QED) is 0.918. The maximum absolute atomic E-state index is 11.1. The molecule has 1 aromatic carbocycles. The van der Waals surface area contributed by atoms with Crippen molar-refractivity contribution in [1.82, 2.24) is 9.55 Å². The molecule has 0 atom stereocenters. The minimum absolute atomic E-state index is 0.137. The van der Waals surface area contributed by atoms with Gasteiger partial charge >= 0.3 is 5.97 Å². The van der Waals surface area contributed by atoms with E-state index in [0.717, 1.165) is 16.8 Å². The van der Waals surface area contributed by atoms with E-state index >= 15 is 0 Å². The highest BCUT2D eigenvalue weighted by atomic mass is 79.9. The largest absolute Gasteiger partial charge is 0.485 e. The number of ether oxygens (including phenoxy) is 1. The Morgan fingerprint density at radius 2 is 2.32 bits per heavy atom. The van der Waals surface area contributed by atoms with Crippen LogP contribution in [0.4, 0.5) is 0 Å². The van der Waals surface area contributed by atoms with E-state index in [1.165, 1.54) is 6.07 Å². The van der Waals surface area contributed by atoms with E-state index < -0.39 is 5.97 Å². The topological polar surface area (TPSA) is 64.4 Å². The summed E-state index contributed by atoms with van der Waals surface area (Å²) in [5, 5.41) is 9.10. The van der Waals surface area contributed by atoms with Crippen LogP contribution in [0.15, 0.2) is 35.1 Å². The Kier molecular flexibility index (Phi) is 4.21. The van der Waals surface area contributed by atoms with Gasteiger partial charge in [-0.1, -0.05) is 15.9 Å². The van der Waals surface area contributed by atoms with Crippen LogP contribution in [0.25, 0.3) is 0 Å². The van der Waals surface area contributed by atoms with Gasteiger partial charge in [-0.2, -0.15) is 0 Å². The van der Waals surface area contributed by atoms with E-state index in [4.69, 9.17) is 9.84 Å². The van der Waals surface area contributed by atoms with E-state index in [0.29, 0.717) is 5.75 Å².